The summed E-state index contributed by atoms with van der Waals surface area (Å²) < 4.78 is 0. The van der Waals surface area contributed by atoms with E-state index in [0.717, 1.165) is 0 Å². The molecule has 6 amide bonds. The molecule has 13 heteroatoms. The molecule has 6 atom stereocenters. The Kier molecular flexibility index (Phi) is 14.9. The summed E-state index contributed by atoms with van der Waals surface area (Å²) in [5, 5.41) is 26.4. The topological polar surface area (TPSA) is 195 Å². The van der Waals surface area contributed by atoms with Gasteiger partial charge < -0.3 is 37.0 Å². The molecule has 0 bridgehead atoms. The number of amides is 6. The number of carbonyl (C=O) groups is 6. The van der Waals surface area contributed by atoms with E-state index in [-0.39, 0.29) is 36.3 Å². The molecule has 1 fully saturated rings. The first-order valence-corrected chi connectivity index (χ1v) is 16.9. The third-order valence-electron chi connectivity index (χ3n) is 8.34. The van der Waals surface area contributed by atoms with Crippen LogP contribution in [-0.4, -0.2) is 76.8 Å². The van der Waals surface area contributed by atoms with E-state index in [2.05, 4.69) is 31.9 Å². The van der Waals surface area contributed by atoms with Crippen molar-refractivity contribution in [2.24, 2.45) is 29.6 Å². The zero-order chi connectivity index (χ0) is 36.5. The molecule has 48 heavy (non-hydrogen) atoms. The second-order valence-electron chi connectivity index (χ2n) is 14.5. The third-order valence-corrected chi connectivity index (χ3v) is 8.34. The van der Waals surface area contributed by atoms with Gasteiger partial charge in [0, 0.05) is 6.42 Å². The number of hydrogen-bond donors (Lipinski definition) is 7. The lowest BCUT2D eigenvalue weighted by Gasteiger charge is -2.32. The van der Waals surface area contributed by atoms with Crippen LogP contribution in [0.5, 0.6) is 5.75 Å². The number of phenolic OH excluding ortho intramolecular Hbond substituents is 1. The fraction of sp³-hybridized carbons (Fsp3) is 0.657. The first-order valence-electron chi connectivity index (χ1n) is 16.9. The summed E-state index contributed by atoms with van der Waals surface area (Å²) in [7, 11) is 0. The van der Waals surface area contributed by atoms with Gasteiger partial charge in [0.2, 0.25) is 35.4 Å². The van der Waals surface area contributed by atoms with Gasteiger partial charge in [-0.05, 0) is 53.7 Å². The Morgan fingerprint density at radius 3 is 1.15 bits per heavy atom. The van der Waals surface area contributed by atoms with Crippen molar-refractivity contribution in [1.82, 2.24) is 31.9 Å². The van der Waals surface area contributed by atoms with Crippen LogP contribution >= 0.6 is 0 Å². The minimum atomic E-state index is -1.17. The van der Waals surface area contributed by atoms with Crippen molar-refractivity contribution in [3.8, 4) is 5.75 Å². The summed E-state index contributed by atoms with van der Waals surface area (Å²) in [5.74, 6) is -5.13. The predicted octanol–water partition coefficient (Wildman–Crippen LogP) is 1.53. The second-order valence-corrected chi connectivity index (χ2v) is 14.5. The summed E-state index contributed by atoms with van der Waals surface area (Å²) in [5.41, 5.74) is 0.627. The number of aromatic hydroxyl groups is 1. The highest BCUT2D eigenvalue weighted by molar-refractivity contribution is 5.98. The molecule has 0 aromatic heterocycles. The second kappa shape index (κ2) is 17.8. The lowest BCUT2D eigenvalue weighted by Crippen LogP contribution is -2.63. The maximum Gasteiger partial charge on any atom is 0.243 e. The third kappa shape index (κ3) is 11.5. The Bertz CT molecular complexity index is 1290. The van der Waals surface area contributed by atoms with Gasteiger partial charge in [0.25, 0.3) is 0 Å². The summed E-state index contributed by atoms with van der Waals surface area (Å²) in [6.45, 7) is 17.8. The quantitative estimate of drug-likeness (QED) is 0.218. The van der Waals surface area contributed by atoms with Crippen LogP contribution in [0.4, 0.5) is 0 Å². The van der Waals surface area contributed by atoms with Crippen molar-refractivity contribution in [2.45, 2.75) is 118 Å². The molecule has 268 valence electrons. The number of benzene rings is 1. The fourth-order valence-electron chi connectivity index (χ4n) is 5.44. The number of nitrogens with one attached hydrogen (secondary N) is 6. The maximum atomic E-state index is 13.9. The van der Waals surface area contributed by atoms with Crippen LogP contribution in [0.15, 0.2) is 24.3 Å². The molecule has 1 saturated heterocycles. The molecule has 0 saturated carbocycles. The van der Waals surface area contributed by atoms with Gasteiger partial charge in [-0.3, -0.25) is 28.8 Å². The lowest BCUT2D eigenvalue weighted by molar-refractivity contribution is -0.138. The van der Waals surface area contributed by atoms with Crippen LogP contribution in [-0.2, 0) is 35.2 Å². The average molecular weight is 673 g/mol. The minimum absolute atomic E-state index is 0.00912. The van der Waals surface area contributed by atoms with Crippen LogP contribution in [0.3, 0.4) is 0 Å². The van der Waals surface area contributed by atoms with Crippen molar-refractivity contribution < 1.29 is 33.9 Å². The predicted molar refractivity (Wildman–Crippen MR) is 182 cm³/mol. The molecule has 13 nitrogen and oxygen atoms in total. The summed E-state index contributed by atoms with van der Waals surface area (Å²) >= 11 is 0. The normalized spacial score (nSPS) is 25.6. The zero-order valence-electron chi connectivity index (χ0n) is 30.0. The number of phenols is 1. The average Bonchev–Trinajstić information content (AvgIpc) is 2.98. The Morgan fingerprint density at radius 2 is 0.792 bits per heavy atom. The molecule has 0 radical (unpaired) electrons. The first kappa shape index (κ1) is 40.0. The van der Waals surface area contributed by atoms with Crippen LogP contribution in [0.2, 0.25) is 0 Å². The van der Waals surface area contributed by atoms with Gasteiger partial charge in [0.1, 0.15) is 42.0 Å². The minimum Gasteiger partial charge on any atom is -0.508 e. The van der Waals surface area contributed by atoms with E-state index in [0.29, 0.717) is 5.56 Å². The number of hydrogen-bond acceptors (Lipinski definition) is 7. The molecule has 1 heterocycles. The molecule has 1 aromatic carbocycles. The molecule has 0 spiro atoms. The van der Waals surface area contributed by atoms with Gasteiger partial charge in [0.05, 0.1) is 0 Å². The van der Waals surface area contributed by atoms with Crippen molar-refractivity contribution in [1.29, 1.82) is 0 Å². The number of carbonyl (C=O) groups excluding carboxylic acids is 6. The first-order chi connectivity index (χ1) is 22.3. The van der Waals surface area contributed by atoms with E-state index < -0.39 is 83.5 Å². The molecule has 7 N–H and O–H groups in total. The fourth-order valence-corrected chi connectivity index (χ4v) is 5.44. The van der Waals surface area contributed by atoms with Crippen molar-refractivity contribution >= 4 is 35.4 Å². The monoisotopic (exact) mass is 672 g/mol. The van der Waals surface area contributed by atoms with Crippen LogP contribution in [0.25, 0.3) is 0 Å². The van der Waals surface area contributed by atoms with Crippen LogP contribution < -0.4 is 31.9 Å². The maximum absolute atomic E-state index is 13.9. The zero-order valence-corrected chi connectivity index (χ0v) is 30.0. The molecule has 0 unspecified atom stereocenters. The molecule has 1 aromatic rings. The highest BCUT2D eigenvalue weighted by Crippen LogP contribution is 2.15. The molecule has 1 aliphatic rings. The van der Waals surface area contributed by atoms with E-state index in [1.54, 1.807) is 67.5 Å². The van der Waals surface area contributed by atoms with Crippen LogP contribution in [0, 0.1) is 29.6 Å². The number of rotatable bonds is 8. The van der Waals surface area contributed by atoms with Gasteiger partial charge in [-0.25, -0.2) is 0 Å². The Labute approximate surface area is 284 Å². The Balaban J connectivity index is 2.65. The highest BCUT2D eigenvalue weighted by Gasteiger charge is 2.37. The summed E-state index contributed by atoms with van der Waals surface area (Å²) in [6.07, 6.45) is 0.276. The van der Waals surface area contributed by atoms with E-state index >= 15 is 0 Å². The summed E-state index contributed by atoms with van der Waals surface area (Å²) in [4.78, 5) is 82.3. The molecule has 1 aliphatic heterocycles. The van der Waals surface area contributed by atoms with Gasteiger partial charge in [-0.2, -0.15) is 0 Å². The SMILES string of the molecule is CC(C)C[C@H]1NC(=O)[C@@H](C(C)C)NC(=O)[C@H](C(C)C)NC(=O)[C@@H](C(C)C)NC(=O)[C@H](Cc2ccc(O)cc2)NC(=O)[C@H](C(C)C)NC1=O. The Hall–Kier alpha value is -4.16. The van der Waals surface area contributed by atoms with E-state index in [4.69, 9.17) is 0 Å². The van der Waals surface area contributed by atoms with Crippen molar-refractivity contribution in [3.05, 3.63) is 29.8 Å². The standard InChI is InChI=1S/C35H56N6O7/c1-17(2)15-24-30(43)38-26(18(3)4)32(45)37-25(16-22-11-13-23(42)14-12-22)31(44)39-28(20(7)8)34(47)41-29(21(9)10)35(48)40-27(19(5)6)33(46)36-24/h11-14,17-21,24-29,42H,15-16H2,1-10H3,(H,36,46)(H,37,45)(H,38,43)(H,39,44)(H,40,48)(H,41,47)/t24-,25+,26+,27-,28-,29+/m1/s1. The van der Waals surface area contributed by atoms with Crippen molar-refractivity contribution in [3.63, 3.8) is 0 Å². The van der Waals surface area contributed by atoms with Crippen LogP contribution in [0.1, 0.15) is 81.2 Å². The summed E-state index contributed by atoms with van der Waals surface area (Å²) in [6, 6.07) is -0.263. The molecular formula is C35H56N6O7. The largest absolute Gasteiger partial charge is 0.508 e. The molecule has 0 aliphatic carbocycles. The van der Waals surface area contributed by atoms with Gasteiger partial charge >= 0.3 is 0 Å². The van der Waals surface area contributed by atoms with Gasteiger partial charge in [-0.15, -0.1) is 0 Å². The van der Waals surface area contributed by atoms with Crippen molar-refractivity contribution in [2.75, 3.05) is 0 Å². The Morgan fingerprint density at radius 1 is 0.479 bits per heavy atom. The van der Waals surface area contributed by atoms with E-state index in [1.165, 1.54) is 12.1 Å². The molecule has 2 rings (SSSR count). The molecular weight excluding hydrogens is 616 g/mol. The lowest BCUT2D eigenvalue weighted by atomic mass is 9.96. The highest BCUT2D eigenvalue weighted by atomic mass is 16.3. The van der Waals surface area contributed by atoms with Gasteiger partial charge in [-0.1, -0.05) is 81.4 Å². The van der Waals surface area contributed by atoms with E-state index in [9.17, 15) is 33.9 Å². The van der Waals surface area contributed by atoms with E-state index in [1.807, 2.05) is 13.8 Å². The smallest absolute Gasteiger partial charge is 0.243 e. The van der Waals surface area contributed by atoms with Gasteiger partial charge in [0.15, 0.2) is 0 Å².